The average Bonchev–Trinajstić information content (AvgIpc) is 2.79. The van der Waals surface area contributed by atoms with Gasteiger partial charge in [0.15, 0.2) is 0 Å². The summed E-state index contributed by atoms with van der Waals surface area (Å²) in [6.07, 6.45) is 2.48. The van der Waals surface area contributed by atoms with Crippen LogP contribution in [0.3, 0.4) is 0 Å². The lowest BCUT2D eigenvalue weighted by Crippen LogP contribution is -2.49. The lowest BCUT2D eigenvalue weighted by Gasteiger charge is -2.30. The van der Waals surface area contributed by atoms with Crippen LogP contribution < -0.4 is 9.62 Å². The zero-order valence-corrected chi connectivity index (χ0v) is 23.5. The molecule has 0 aromatic heterocycles. The Morgan fingerprint density at radius 1 is 0.971 bits per heavy atom. The topological polar surface area (TPSA) is 86.8 Å². The van der Waals surface area contributed by atoms with Crippen molar-refractivity contribution in [2.24, 2.45) is 0 Å². The van der Waals surface area contributed by atoms with Gasteiger partial charge in [-0.25, -0.2) is 8.42 Å². The maximum absolute atomic E-state index is 13.3. The molecule has 0 saturated heterocycles. The van der Waals surface area contributed by atoms with Crippen LogP contribution in [0.5, 0.6) is 0 Å². The van der Waals surface area contributed by atoms with Gasteiger partial charge in [0.25, 0.3) is 0 Å². The number of nitrogens with one attached hydrogen (secondary N) is 1. The van der Waals surface area contributed by atoms with Crippen LogP contribution in [0.2, 0.25) is 0 Å². The summed E-state index contributed by atoms with van der Waals surface area (Å²) in [4.78, 5) is 27.5. The van der Waals surface area contributed by atoms with Crippen molar-refractivity contribution in [3.8, 4) is 0 Å². The third kappa shape index (κ3) is 8.96. The van der Waals surface area contributed by atoms with Crippen LogP contribution >= 0.6 is 15.9 Å². The second kappa shape index (κ2) is 13.1. The minimum atomic E-state index is -3.51. The predicted molar refractivity (Wildman–Crippen MR) is 145 cm³/mol. The summed E-state index contributed by atoms with van der Waals surface area (Å²) in [5.74, 6) is -0.423. The van der Waals surface area contributed by atoms with E-state index in [0.29, 0.717) is 12.1 Å². The van der Waals surface area contributed by atoms with E-state index >= 15 is 0 Å². The van der Waals surface area contributed by atoms with Crippen molar-refractivity contribution in [2.75, 3.05) is 17.1 Å². The zero-order chi connectivity index (χ0) is 26.2. The lowest BCUT2D eigenvalue weighted by atomic mass is 10.1. The van der Waals surface area contributed by atoms with Crippen LogP contribution in [0.4, 0.5) is 5.69 Å². The van der Waals surface area contributed by atoms with E-state index in [-0.39, 0.29) is 37.4 Å². The second-order valence-electron chi connectivity index (χ2n) is 8.95. The van der Waals surface area contributed by atoms with Crippen molar-refractivity contribution in [1.29, 1.82) is 0 Å². The average molecular weight is 567 g/mol. The second-order valence-corrected chi connectivity index (χ2v) is 11.8. The molecular formula is C26H36BrN3O4S. The van der Waals surface area contributed by atoms with E-state index in [1.54, 1.807) is 24.0 Å². The molecular weight excluding hydrogens is 530 g/mol. The Kier molecular flexibility index (Phi) is 10.8. The van der Waals surface area contributed by atoms with E-state index in [1.165, 1.54) is 10.6 Å². The van der Waals surface area contributed by atoms with Crippen LogP contribution in [-0.2, 0) is 32.6 Å². The minimum absolute atomic E-state index is 0.0444. The number of hydrogen-bond acceptors (Lipinski definition) is 4. The maximum atomic E-state index is 13.3. The third-order valence-corrected chi connectivity index (χ3v) is 7.37. The highest BCUT2D eigenvalue weighted by atomic mass is 79.9. The number of rotatable bonds is 12. The third-order valence-electron chi connectivity index (χ3n) is 5.65. The smallest absolute Gasteiger partial charge is 0.242 e. The number of carbonyl (C=O) groups excluding carboxylic acids is 2. The van der Waals surface area contributed by atoms with Crippen LogP contribution in [0, 0.1) is 0 Å². The number of benzene rings is 2. The first kappa shape index (κ1) is 28.8. The summed E-state index contributed by atoms with van der Waals surface area (Å²) in [5.41, 5.74) is 2.60. The fraction of sp³-hybridized carbons (Fsp3) is 0.462. The summed E-state index contributed by atoms with van der Waals surface area (Å²) >= 11 is 3.41. The van der Waals surface area contributed by atoms with Gasteiger partial charge in [-0.05, 0) is 69.0 Å². The molecule has 0 aliphatic carbocycles. The highest BCUT2D eigenvalue weighted by molar-refractivity contribution is 9.10. The molecule has 2 aromatic rings. The monoisotopic (exact) mass is 565 g/mol. The van der Waals surface area contributed by atoms with E-state index in [9.17, 15) is 18.0 Å². The lowest BCUT2D eigenvalue weighted by molar-refractivity contribution is -0.140. The number of sulfonamides is 1. The molecule has 0 aliphatic rings. The van der Waals surface area contributed by atoms with Gasteiger partial charge in [-0.3, -0.25) is 13.9 Å². The van der Waals surface area contributed by atoms with Crippen LogP contribution in [-0.4, -0.2) is 50.0 Å². The number of nitrogens with zero attached hydrogens (tertiary/aromatic N) is 2. The number of amides is 2. The van der Waals surface area contributed by atoms with Gasteiger partial charge in [-0.2, -0.15) is 0 Å². The van der Waals surface area contributed by atoms with Gasteiger partial charge in [0.2, 0.25) is 21.8 Å². The zero-order valence-electron chi connectivity index (χ0n) is 21.1. The van der Waals surface area contributed by atoms with Gasteiger partial charge in [0.05, 0.1) is 11.9 Å². The van der Waals surface area contributed by atoms with Crippen LogP contribution in [0.25, 0.3) is 0 Å². The minimum Gasteiger partial charge on any atom is -0.352 e. The van der Waals surface area contributed by atoms with Crippen molar-refractivity contribution < 1.29 is 18.0 Å². The Bertz CT molecular complexity index is 1090. The molecule has 2 rings (SSSR count). The highest BCUT2D eigenvalue weighted by Crippen LogP contribution is 2.20. The van der Waals surface area contributed by atoms with Crippen molar-refractivity contribution in [3.63, 3.8) is 0 Å². The Balaban J connectivity index is 2.15. The summed E-state index contributed by atoms with van der Waals surface area (Å²) in [7, 11) is -3.51. The molecule has 0 bridgehead atoms. The molecule has 0 aliphatic heterocycles. The quantitative estimate of drug-likeness (QED) is 0.410. The number of halogens is 1. The molecule has 0 saturated carbocycles. The number of hydrogen-bond donors (Lipinski definition) is 1. The first-order chi connectivity index (χ1) is 16.4. The molecule has 0 spiro atoms. The molecule has 0 fully saturated rings. The van der Waals surface area contributed by atoms with Crippen LogP contribution in [0.15, 0.2) is 53.0 Å². The van der Waals surface area contributed by atoms with Gasteiger partial charge in [0, 0.05) is 30.0 Å². The van der Waals surface area contributed by atoms with Gasteiger partial charge in [-0.15, -0.1) is 0 Å². The van der Waals surface area contributed by atoms with Crippen molar-refractivity contribution in [1.82, 2.24) is 10.2 Å². The van der Waals surface area contributed by atoms with Crippen molar-refractivity contribution in [2.45, 2.75) is 65.6 Å². The summed E-state index contributed by atoms with van der Waals surface area (Å²) < 4.78 is 27.1. The van der Waals surface area contributed by atoms with E-state index in [2.05, 4.69) is 21.2 Å². The Hall–Kier alpha value is -2.39. The largest absolute Gasteiger partial charge is 0.352 e. The number of carbonyl (C=O) groups is 2. The molecule has 2 amide bonds. The maximum Gasteiger partial charge on any atom is 0.242 e. The summed E-state index contributed by atoms with van der Waals surface area (Å²) in [5, 5.41) is 2.87. The predicted octanol–water partition coefficient (Wildman–Crippen LogP) is 4.50. The molecule has 35 heavy (non-hydrogen) atoms. The first-order valence-electron chi connectivity index (χ1n) is 11.8. The number of anilines is 1. The SMILES string of the molecule is CCc1ccc(N(CCCC(=O)N(Cc2ccc(Br)cc2)[C@@H](C)C(=O)NC(C)C)S(C)(=O)=O)cc1. The molecule has 2 aromatic carbocycles. The summed E-state index contributed by atoms with van der Waals surface area (Å²) in [6, 6.07) is 14.3. The van der Waals surface area contributed by atoms with E-state index in [4.69, 9.17) is 0 Å². The molecule has 1 N–H and O–H groups in total. The molecule has 0 radical (unpaired) electrons. The fourth-order valence-electron chi connectivity index (χ4n) is 3.68. The van der Waals surface area contributed by atoms with E-state index in [1.807, 2.05) is 57.2 Å². The molecule has 9 heteroatoms. The fourth-order valence-corrected chi connectivity index (χ4v) is 4.91. The van der Waals surface area contributed by atoms with E-state index < -0.39 is 16.1 Å². The van der Waals surface area contributed by atoms with Gasteiger partial charge >= 0.3 is 0 Å². The normalized spacial score (nSPS) is 12.3. The molecule has 0 unspecified atom stereocenters. The highest BCUT2D eigenvalue weighted by Gasteiger charge is 2.27. The van der Waals surface area contributed by atoms with Crippen molar-refractivity contribution in [3.05, 3.63) is 64.1 Å². The van der Waals surface area contributed by atoms with Gasteiger partial charge < -0.3 is 10.2 Å². The van der Waals surface area contributed by atoms with Gasteiger partial charge in [0.1, 0.15) is 6.04 Å². The summed E-state index contributed by atoms with van der Waals surface area (Å²) in [6.45, 7) is 7.96. The van der Waals surface area contributed by atoms with Crippen LogP contribution in [0.1, 0.15) is 51.7 Å². The molecule has 192 valence electrons. The number of aryl methyl sites for hydroxylation is 1. The Morgan fingerprint density at radius 3 is 2.06 bits per heavy atom. The Morgan fingerprint density at radius 2 is 1.54 bits per heavy atom. The molecule has 0 heterocycles. The standard InChI is InChI=1S/C26H36BrN3O4S/c1-6-21-11-15-24(16-12-21)30(35(5,33)34)17-7-8-25(31)29(20(4)26(32)28-19(2)3)18-22-9-13-23(27)14-10-22/h9-16,19-20H,6-8,17-18H2,1-5H3,(H,28,32)/t20-/m0/s1. The van der Waals surface area contributed by atoms with Gasteiger partial charge in [-0.1, -0.05) is 47.1 Å². The van der Waals surface area contributed by atoms with Crippen molar-refractivity contribution >= 4 is 43.5 Å². The Labute approximate surface area is 218 Å². The molecule has 1 atom stereocenters. The first-order valence-corrected chi connectivity index (χ1v) is 14.5. The van der Waals surface area contributed by atoms with E-state index in [0.717, 1.165) is 22.0 Å². The molecule has 7 nitrogen and oxygen atoms in total.